The molecule has 238 valence electrons. The number of nitrogens with two attached hydrogens (primary N) is 2. The van der Waals surface area contributed by atoms with Gasteiger partial charge in [-0.15, -0.1) is 0 Å². The van der Waals surface area contributed by atoms with E-state index < -0.39 is 60.2 Å². The number of benzene rings is 2. The summed E-state index contributed by atoms with van der Waals surface area (Å²) >= 11 is 0. The number of carboxylic acid groups (broad SMARTS) is 1. The number of fused-ring (bicyclic) bond motifs is 2. The summed E-state index contributed by atoms with van der Waals surface area (Å²) in [5.41, 5.74) is 14.4. The third-order valence-corrected chi connectivity index (χ3v) is 8.04. The number of aromatic nitrogens is 2. The van der Waals surface area contributed by atoms with Crippen LogP contribution in [0.1, 0.15) is 37.8 Å². The molecule has 0 saturated carbocycles. The minimum absolute atomic E-state index is 0.0211. The minimum Gasteiger partial charge on any atom is -0.480 e. The Bertz CT molecular complexity index is 1700. The van der Waals surface area contributed by atoms with Gasteiger partial charge in [0.1, 0.15) is 18.1 Å². The molecule has 4 amide bonds. The molecule has 2 aromatic heterocycles. The standard InChI is InChI=1S/C32H39N7O6/c1-3-17(2)28(34)31(43)38-25(14-27(33)40)30(42)37-24(12-18-15-35-22-10-6-4-8-20(18)22)29(41)39-26(32(44)45)13-19-16-36-23-11-7-5-9-21(19)23/h4-11,15-17,24-26,28,35-36H,3,12-14,34H2,1-2H3,(H2,33,40)(H,37,42)(H,38,43)(H,39,41)(H,44,45). The van der Waals surface area contributed by atoms with E-state index in [1.807, 2.05) is 55.5 Å². The van der Waals surface area contributed by atoms with Crippen LogP contribution in [0.3, 0.4) is 0 Å². The second kappa shape index (κ2) is 14.5. The Kier molecular flexibility index (Phi) is 10.6. The Labute approximate surface area is 259 Å². The van der Waals surface area contributed by atoms with Crippen molar-refractivity contribution in [2.45, 2.75) is 63.7 Å². The van der Waals surface area contributed by atoms with Crippen molar-refractivity contribution in [1.29, 1.82) is 0 Å². The molecule has 13 heteroatoms. The fourth-order valence-electron chi connectivity index (χ4n) is 5.19. The molecule has 0 aliphatic heterocycles. The number of hydrogen-bond acceptors (Lipinski definition) is 6. The van der Waals surface area contributed by atoms with Crippen molar-refractivity contribution in [3.05, 3.63) is 72.1 Å². The topological polar surface area (TPSA) is 225 Å². The number of carboxylic acids is 1. The van der Waals surface area contributed by atoms with Gasteiger partial charge in [0.25, 0.3) is 0 Å². The second-order valence-electron chi connectivity index (χ2n) is 11.2. The zero-order valence-corrected chi connectivity index (χ0v) is 25.1. The number of rotatable bonds is 15. The van der Waals surface area contributed by atoms with Gasteiger partial charge in [-0.3, -0.25) is 19.2 Å². The zero-order chi connectivity index (χ0) is 32.7. The SMILES string of the molecule is CCC(C)C(N)C(=O)NC(CC(N)=O)C(=O)NC(Cc1c[nH]c2ccccc12)C(=O)NC(Cc1c[nH]c2ccccc12)C(=O)O. The molecule has 10 N–H and O–H groups in total. The van der Waals surface area contributed by atoms with E-state index in [0.717, 1.165) is 21.8 Å². The Morgan fingerprint density at radius 2 is 1.22 bits per heavy atom. The third-order valence-electron chi connectivity index (χ3n) is 8.04. The Balaban J connectivity index is 1.59. The highest BCUT2D eigenvalue weighted by atomic mass is 16.4. The van der Waals surface area contributed by atoms with E-state index >= 15 is 0 Å². The van der Waals surface area contributed by atoms with Gasteiger partial charge >= 0.3 is 5.97 Å². The van der Waals surface area contributed by atoms with Gasteiger partial charge in [0, 0.05) is 47.0 Å². The average Bonchev–Trinajstić information content (AvgIpc) is 3.62. The predicted octanol–water partition coefficient (Wildman–Crippen LogP) is 1.22. The molecule has 0 bridgehead atoms. The lowest BCUT2D eigenvalue weighted by Crippen LogP contribution is -2.58. The maximum absolute atomic E-state index is 13.7. The maximum Gasteiger partial charge on any atom is 0.326 e. The van der Waals surface area contributed by atoms with Crippen LogP contribution in [0.2, 0.25) is 0 Å². The third kappa shape index (κ3) is 8.06. The Morgan fingerprint density at radius 3 is 1.73 bits per heavy atom. The number of carbonyl (C=O) groups excluding carboxylic acids is 4. The van der Waals surface area contributed by atoms with E-state index in [1.54, 1.807) is 19.3 Å². The maximum atomic E-state index is 13.7. The lowest BCUT2D eigenvalue weighted by Gasteiger charge is -2.25. The number of aromatic amines is 2. The molecule has 0 aliphatic carbocycles. The summed E-state index contributed by atoms with van der Waals surface area (Å²) in [7, 11) is 0. The van der Waals surface area contributed by atoms with Crippen molar-refractivity contribution in [2.75, 3.05) is 0 Å². The van der Waals surface area contributed by atoms with Crippen LogP contribution in [-0.4, -0.2) is 68.8 Å². The van der Waals surface area contributed by atoms with Gasteiger partial charge in [0.15, 0.2) is 0 Å². The number of amides is 4. The number of H-pyrrole nitrogens is 2. The van der Waals surface area contributed by atoms with E-state index in [4.69, 9.17) is 11.5 Å². The molecule has 0 aliphatic rings. The van der Waals surface area contributed by atoms with Crippen molar-refractivity contribution >= 4 is 51.4 Å². The van der Waals surface area contributed by atoms with Crippen molar-refractivity contribution in [2.24, 2.45) is 17.4 Å². The summed E-state index contributed by atoms with van der Waals surface area (Å²) < 4.78 is 0. The van der Waals surface area contributed by atoms with Gasteiger partial charge < -0.3 is 42.5 Å². The number of para-hydroxylation sites is 2. The Hall–Kier alpha value is -5.17. The summed E-state index contributed by atoms with van der Waals surface area (Å²) in [6.45, 7) is 3.65. The molecule has 0 saturated heterocycles. The Morgan fingerprint density at radius 1 is 0.756 bits per heavy atom. The highest BCUT2D eigenvalue weighted by molar-refractivity contribution is 5.97. The largest absolute Gasteiger partial charge is 0.480 e. The van der Waals surface area contributed by atoms with Gasteiger partial charge in [-0.2, -0.15) is 0 Å². The molecule has 4 aromatic rings. The van der Waals surface area contributed by atoms with E-state index in [0.29, 0.717) is 17.5 Å². The van der Waals surface area contributed by atoms with Gasteiger partial charge in [0.05, 0.1) is 12.5 Å². The van der Waals surface area contributed by atoms with Crippen LogP contribution < -0.4 is 27.4 Å². The van der Waals surface area contributed by atoms with Gasteiger partial charge in [-0.1, -0.05) is 56.7 Å². The molecule has 2 aromatic carbocycles. The molecule has 4 rings (SSSR count). The minimum atomic E-state index is -1.41. The quantitative estimate of drug-likeness (QED) is 0.0972. The van der Waals surface area contributed by atoms with Crippen molar-refractivity contribution in [1.82, 2.24) is 25.9 Å². The van der Waals surface area contributed by atoms with Crippen LogP contribution in [0.4, 0.5) is 0 Å². The van der Waals surface area contributed by atoms with Crippen LogP contribution in [0.5, 0.6) is 0 Å². The van der Waals surface area contributed by atoms with E-state index in [-0.39, 0.29) is 18.8 Å². The number of primary amides is 1. The van der Waals surface area contributed by atoms with Crippen LogP contribution in [0.25, 0.3) is 21.8 Å². The fraction of sp³-hybridized carbons (Fsp3) is 0.344. The van der Waals surface area contributed by atoms with Crippen molar-refractivity contribution in [3.63, 3.8) is 0 Å². The number of carbonyl (C=O) groups is 5. The molecule has 5 atom stereocenters. The normalized spacial score (nSPS) is 14.6. The number of nitrogens with one attached hydrogen (secondary N) is 5. The first-order chi connectivity index (χ1) is 21.5. The van der Waals surface area contributed by atoms with Crippen LogP contribution in [-0.2, 0) is 36.8 Å². The fourth-order valence-corrected chi connectivity index (χ4v) is 5.19. The summed E-state index contributed by atoms with van der Waals surface area (Å²) in [5.74, 6) is -4.57. The second-order valence-corrected chi connectivity index (χ2v) is 11.2. The lowest BCUT2D eigenvalue weighted by molar-refractivity contribution is -0.142. The van der Waals surface area contributed by atoms with Crippen LogP contribution in [0.15, 0.2) is 60.9 Å². The van der Waals surface area contributed by atoms with Crippen LogP contribution >= 0.6 is 0 Å². The summed E-state index contributed by atoms with van der Waals surface area (Å²) in [4.78, 5) is 70.4. The zero-order valence-electron chi connectivity index (χ0n) is 25.1. The highest BCUT2D eigenvalue weighted by Crippen LogP contribution is 2.21. The van der Waals surface area contributed by atoms with Crippen molar-refractivity contribution in [3.8, 4) is 0 Å². The van der Waals surface area contributed by atoms with Crippen molar-refractivity contribution < 1.29 is 29.1 Å². The van der Waals surface area contributed by atoms with Crippen LogP contribution in [0, 0.1) is 5.92 Å². The highest BCUT2D eigenvalue weighted by Gasteiger charge is 2.32. The summed E-state index contributed by atoms with van der Waals surface area (Å²) in [6.07, 6.45) is 3.42. The number of aliphatic carboxylic acids is 1. The first kappa shape index (κ1) is 32.7. The van der Waals surface area contributed by atoms with Gasteiger partial charge in [0.2, 0.25) is 23.6 Å². The van der Waals surface area contributed by atoms with E-state index in [9.17, 15) is 29.1 Å². The average molecular weight is 618 g/mol. The monoisotopic (exact) mass is 617 g/mol. The summed E-state index contributed by atoms with van der Waals surface area (Å²) in [6, 6.07) is 9.81. The summed E-state index contributed by atoms with van der Waals surface area (Å²) in [5, 5.41) is 19.3. The molecule has 0 fully saturated rings. The smallest absolute Gasteiger partial charge is 0.326 e. The molecule has 45 heavy (non-hydrogen) atoms. The van der Waals surface area contributed by atoms with Gasteiger partial charge in [-0.05, 0) is 29.2 Å². The van der Waals surface area contributed by atoms with E-state index in [1.165, 1.54) is 0 Å². The number of hydrogen-bond donors (Lipinski definition) is 8. The first-order valence-electron chi connectivity index (χ1n) is 14.8. The predicted molar refractivity (Wildman–Crippen MR) is 169 cm³/mol. The molecule has 2 heterocycles. The molecule has 5 unspecified atom stereocenters. The first-order valence-corrected chi connectivity index (χ1v) is 14.8. The molecular weight excluding hydrogens is 578 g/mol. The molecule has 0 spiro atoms. The molecule has 0 radical (unpaired) electrons. The van der Waals surface area contributed by atoms with Gasteiger partial charge in [-0.25, -0.2) is 4.79 Å². The molecule has 13 nitrogen and oxygen atoms in total. The van der Waals surface area contributed by atoms with E-state index in [2.05, 4.69) is 25.9 Å². The molecular formula is C32H39N7O6. The lowest BCUT2D eigenvalue weighted by atomic mass is 9.98.